The molecule has 0 unspecified atom stereocenters. The smallest absolute Gasteiger partial charge is 0.262 e. The quantitative estimate of drug-likeness (QED) is 0.765. The molecule has 1 fully saturated rings. The van der Waals surface area contributed by atoms with Crippen molar-refractivity contribution in [3.05, 3.63) is 35.4 Å². The SMILES string of the molecule is O=C1CCC[C@H](N2C(=O)c3ccccc3C2=O)C(=O)N1.[HH]. The number of rotatable bonds is 1. The van der Waals surface area contributed by atoms with Crippen molar-refractivity contribution < 1.29 is 20.6 Å². The Kier molecular flexibility index (Phi) is 2.85. The minimum atomic E-state index is -0.908. The van der Waals surface area contributed by atoms with E-state index in [1.807, 2.05) is 0 Å². The van der Waals surface area contributed by atoms with Gasteiger partial charge in [-0.25, -0.2) is 0 Å². The molecule has 0 radical (unpaired) electrons. The number of amides is 4. The summed E-state index contributed by atoms with van der Waals surface area (Å²) in [5.74, 6) is -1.89. The predicted molar refractivity (Wildman–Crippen MR) is 69.8 cm³/mol. The lowest BCUT2D eigenvalue weighted by atomic mass is 10.1. The molecule has 1 aromatic rings. The predicted octanol–water partition coefficient (Wildman–Crippen LogP) is 0.724. The first-order chi connectivity index (χ1) is 9.59. The highest BCUT2D eigenvalue weighted by atomic mass is 16.2. The molecule has 2 aliphatic rings. The maximum absolute atomic E-state index is 12.3. The van der Waals surface area contributed by atoms with Gasteiger partial charge in [0, 0.05) is 7.85 Å². The molecule has 3 rings (SSSR count). The van der Waals surface area contributed by atoms with Crippen LogP contribution in [0.3, 0.4) is 0 Å². The molecule has 2 heterocycles. The highest BCUT2D eigenvalue weighted by Crippen LogP contribution is 2.27. The van der Waals surface area contributed by atoms with Crippen LogP contribution in [0.15, 0.2) is 24.3 Å². The summed E-state index contributed by atoms with van der Waals surface area (Å²) >= 11 is 0. The molecular weight excluding hydrogens is 260 g/mol. The van der Waals surface area contributed by atoms with Crippen molar-refractivity contribution >= 4 is 23.6 Å². The van der Waals surface area contributed by atoms with E-state index in [2.05, 4.69) is 5.32 Å². The number of carbonyl (C=O) groups is 4. The largest absolute Gasteiger partial charge is 0.295 e. The summed E-state index contributed by atoms with van der Waals surface area (Å²) in [7, 11) is 0. The van der Waals surface area contributed by atoms with Crippen LogP contribution in [-0.4, -0.2) is 34.6 Å². The Hall–Kier alpha value is -2.50. The van der Waals surface area contributed by atoms with Gasteiger partial charge < -0.3 is 0 Å². The summed E-state index contributed by atoms with van der Waals surface area (Å²) in [6.07, 6.45) is 1.00. The van der Waals surface area contributed by atoms with Crippen molar-refractivity contribution in [1.29, 1.82) is 0 Å². The van der Waals surface area contributed by atoms with Gasteiger partial charge >= 0.3 is 0 Å². The van der Waals surface area contributed by atoms with E-state index in [0.717, 1.165) is 4.90 Å². The van der Waals surface area contributed by atoms with Gasteiger partial charge in [-0.1, -0.05) is 12.1 Å². The number of nitrogens with one attached hydrogen (secondary N) is 1. The summed E-state index contributed by atoms with van der Waals surface area (Å²) in [6.45, 7) is 0. The zero-order valence-electron chi connectivity index (χ0n) is 10.6. The van der Waals surface area contributed by atoms with Crippen LogP contribution in [0.1, 0.15) is 41.4 Å². The molecule has 104 valence electrons. The standard InChI is InChI=1S/C14H12N2O4.H2/c17-11-7-3-6-10(12(18)15-11)16-13(19)8-4-1-2-5-9(8)14(16)20;/h1-2,4-5,10H,3,6-7H2,(H,15,17,18);1H/t10-;/m0./s1. The lowest BCUT2D eigenvalue weighted by Gasteiger charge is -2.22. The summed E-state index contributed by atoms with van der Waals surface area (Å²) in [5, 5.41) is 2.21. The third-order valence-electron chi connectivity index (χ3n) is 3.58. The van der Waals surface area contributed by atoms with Gasteiger partial charge in [0.25, 0.3) is 11.8 Å². The van der Waals surface area contributed by atoms with E-state index in [1.165, 1.54) is 0 Å². The Morgan fingerprint density at radius 1 is 1.05 bits per heavy atom. The third-order valence-corrected chi connectivity index (χ3v) is 3.58. The first-order valence-electron chi connectivity index (χ1n) is 6.40. The molecule has 1 atom stereocenters. The lowest BCUT2D eigenvalue weighted by molar-refractivity contribution is -0.131. The lowest BCUT2D eigenvalue weighted by Crippen LogP contribution is -2.49. The normalized spacial score (nSPS) is 22.6. The Bertz CT molecular complexity index is 609. The van der Waals surface area contributed by atoms with Gasteiger partial charge in [0.15, 0.2) is 0 Å². The Labute approximate surface area is 116 Å². The van der Waals surface area contributed by atoms with Gasteiger partial charge in [0.1, 0.15) is 6.04 Å². The highest BCUT2D eigenvalue weighted by Gasteiger charge is 2.43. The average Bonchev–Trinajstić information content (AvgIpc) is 2.57. The van der Waals surface area contributed by atoms with Crippen LogP contribution in [0.25, 0.3) is 0 Å². The van der Waals surface area contributed by atoms with Crippen LogP contribution >= 0.6 is 0 Å². The van der Waals surface area contributed by atoms with Crippen LogP contribution in [0, 0.1) is 0 Å². The first-order valence-corrected chi connectivity index (χ1v) is 6.40. The van der Waals surface area contributed by atoms with E-state index in [-0.39, 0.29) is 13.8 Å². The van der Waals surface area contributed by atoms with E-state index in [9.17, 15) is 19.2 Å². The molecule has 0 bridgehead atoms. The van der Waals surface area contributed by atoms with Crippen LogP contribution in [0.2, 0.25) is 0 Å². The number of fused-ring (bicyclic) bond motifs is 1. The molecule has 0 saturated carbocycles. The van der Waals surface area contributed by atoms with Crippen LogP contribution < -0.4 is 5.32 Å². The summed E-state index contributed by atoms with van der Waals surface area (Å²) in [5.41, 5.74) is 0.613. The van der Waals surface area contributed by atoms with Crippen LogP contribution in [0.5, 0.6) is 0 Å². The van der Waals surface area contributed by atoms with Gasteiger partial charge in [0.2, 0.25) is 11.8 Å². The fourth-order valence-electron chi connectivity index (χ4n) is 2.61. The topological polar surface area (TPSA) is 83.6 Å². The maximum Gasteiger partial charge on any atom is 0.262 e. The molecule has 4 amide bonds. The van der Waals surface area contributed by atoms with E-state index >= 15 is 0 Å². The number of nitrogens with zero attached hydrogens (tertiary/aromatic N) is 1. The summed E-state index contributed by atoms with van der Waals surface area (Å²) in [4.78, 5) is 48.8. The molecule has 0 aromatic heterocycles. The van der Waals surface area contributed by atoms with E-state index in [0.29, 0.717) is 24.0 Å². The minimum Gasteiger partial charge on any atom is -0.295 e. The Morgan fingerprint density at radius 3 is 2.25 bits per heavy atom. The maximum atomic E-state index is 12.3. The number of imide groups is 2. The van der Waals surface area contributed by atoms with Gasteiger partial charge in [-0.2, -0.15) is 0 Å². The second-order valence-electron chi connectivity index (χ2n) is 4.85. The minimum absolute atomic E-state index is 0. The summed E-state index contributed by atoms with van der Waals surface area (Å²) in [6, 6.07) is 5.56. The van der Waals surface area contributed by atoms with Crippen LogP contribution in [-0.2, 0) is 9.59 Å². The van der Waals surface area contributed by atoms with Gasteiger partial charge in [-0.3, -0.25) is 29.4 Å². The Balaban J connectivity index is 0.00000161. The zero-order chi connectivity index (χ0) is 14.3. The number of hydrogen-bond donors (Lipinski definition) is 1. The number of hydrogen-bond acceptors (Lipinski definition) is 4. The van der Waals surface area contributed by atoms with Crippen molar-refractivity contribution in [1.82, 2.24) is 10.2 Å². The first kappa shape index (κ1) is 12.5. The van der Waals surface area contributed by atoms with Crippen molar-refractivity contribution in [3.63, 3.8) is 0 Å². The van der Waals surface area contributed by atoms with Crippen molar-refractivity contribution in [2.75, 3.05) is 0 Å². The van der Waals surface area contributed by atoms with Gasteiger partial charge in [-0.05, 0) is 25.0 Å². The zero-order valence-corrected chi connectivity index (χ0v) is 10.6. The number of carbonyl (C=O) groups excluding carboxylic acids is 4. The Morgan fingerprint density at radius 2 is 1.65 bits per heavy atom. The van der Waals surface area contributed by atoms with Crippen molar-refractivity contribution in [2.45, 2.75) is 25.3 Å². The van der Waals surface area contributed by atoms with Crippen LogP contribution in [0.4, 0.5) is 0 Å². The average molecular weight is 274 g/mol. The monoisotopic (exact) mass is 274 g/mol. The van der Waals surface area contributed by atoms with Crippen molar-refractivity contribution in [3.8, 4) is 0 Å². The third kappa shape index (κ3) is 1.80. The van der Waals surface area contributed by atoms with E-state index in [1.54, 1.807) is 24.3 Å². The van der Waals surface area contributed by atoms with E-state index < -0.39 is 23.8 Å². The molecular formula is C14H14N2O4. The molecule has 0 spiro atoms. The summed E-state index contributed by atoms with van der Waals surface area (Å²) < 4.78 is 0. The molecule has 2 aliphatic heterocycles. The number of benzene rings is 1. The molecule has 6 nitrogen and oxygen atoms in total. The second kappa shape index (κ2) is 4.56. The second-order valence-corrected chi connectivity index (χ2v) is 4.85. The molecule has 1 N–H and O–H groups in total. The molecule has 6 heteroatoms. The van der Waals surface area contributed by atoms with E-state index in [4.69, 9.17) is 0 Å². The molecule has 20 heavy (non-hydrogen) atoms. The highest BCUT2D eigenvalue weighted by molar-refractivity contribution is 6.23. The van der Waals surface area contributed by atoms with Crippen molar-refractivity contribution in [2.24, 2.45) is 0 Å². The fraction of sp³-hybridized carbons (Fsp3) is 0.286. The molecule has 1 saturated heterocycles. The van der Waals surface area contributed by atoms with Gasteiger partial charge in [0.05, 0.1) is 11.1 Å². The van der Waals surface area contributed by atoms with Gasteiger partial charge in [-0.15, -0.1) is 0 Å². The molecule has 1 aromatic carbocycles. The molecule has 0 aliphatic carbocycles. The fourth-order valence-corrected chi connectivity index (χ4v) is 2.61.